The summed E-state index contributed by atoms with van der Waals surface area (Å²) in [5, 5.41) is 14.2. The molecule has 3 aromatic rings. The number of nitrogens with one attached hydrogen (secondary N) is 1. The number of rotatable bonds is 6. The third kappa shape index (κ3) is 4.19. The van der Waals surface area contributed by atoms with Crippen LogP contribution in [0, 0.1) is 11.3 Å². The second-order valence-corrected chi connectivity index (χ2v) is 6.76. The summed E-state index contributed by atoms with van der Waals surface area (Å²) in [6.45, 7) is 4.04. The Morgan fingerprint density at radius 1 is 1.24 bits per heavy atom. The zero-order chi connectivity index (χ0) is 21.0. The predicted octanol–water partition coefficient (Wildman–Crippen LogP) is 4.10. The van der Waals surface area contributed by atoms with E-state index >= 15 is 0 Å². The molecule has 0 aliphatic heterocycles. The number of pyridine rings is 1. The number of carbonyl (C=O) groups is 1. The van der Waals surface area contributed by atoms with Crippen molar-refractivity contribution >= 4 is 22.4 Å². The van der Waals surface area contributed by atoms with Gasteiger partial charge < -0.3 is 15.0 Å². The molecule has 0 fully saturated rings. The standard InChI is InChI=1S/C23H22N4O2/c1-15(13-24)14-25-22-18-12-17(9-8-16(18)10-11-21(22)29-4)19-6-5-7-20(26-19)23(28)27(2)3/h5-12,25H,1,14H2,2-4H3. The van der Waals surface area contributed by atoms with Crippen LogP contribution < -0.4 is 10.1 Å². The van der Waals surface area contributed by atoms with Crippen LogP contribution >= 0.6 is 0 Å². The Kier molecular flexibility index (Phi) is 5.79. The quantitative estimate of drug-likeness (QED) is 0.645. The monoisotopic (exact) mass is 386 g/mol. The second kappa shape index (κ2) is 8.44. The van der Waals surface area contributed by atoms with Gasteiger partial charge >= 0.3 is 0 Å². The predicted molar refractivity (Wildman–Crippen MR) is 115 cm³/mol. The fourth-order valence-electron chi connectivity index (χ4n) is 2.99. The summed E-state index contributed by atoms with van der Waals surface area (Å²) in [5.74, 6) is 0.525. The number of amides is 1. The number of nitrogens with zero attached hydrogens (tertiary/aromatic N) is 3. The number of nitriles is 1. The van der Waals surface area contributed by atoms with Crippen LogP contribution in [0.3, 0.4) is 0 Å². The van der Waals surface area contributed by atoms with E-state index in [-0.39, 0.29) is 5.91 Å². The van der Waals surface area contributed by atoms with E-state index in [0.717, 1.165) is 22.0 Å². The van der Waals surface area contributed by atoms with Gasteiger partial charge in [0.2, 0.25) is 0 Å². The molecule has 0 radical (unpaired) electrons. The zero-order valence-corrected chi connectivity index (χ0v) is 16.7. The van der Waals surface area contributed by atoms with Crippen molar-refractivity contribution in [3.8, 4) is 23.1 Å². The molecule has 0 spiro atoms. The van der Waals surface area contributed by atoms with Gasteiger partial charge in [0.1, 0.15) is 11.4 Å². The van der Waals surface area contributed by atoms with Gasteiger partial charge in [0.05, 0.1) is 24.6 Å². The Bertz CT molecular complexity index is 1130. The summed E-state index contributed by atoms with van der Waals surface area (Å²) < 4.78 is 5.50. The topological polar surface area (TPSA) is 78.2 Å². The van der Waals surface area contributed by atoms with E-state index in [1.54, 1.807) is 27.3 Å². The van der Waals surface area contributed by atoms with Gasteiger partial charge in [-0.25, -0.2) is 4.98 Å². The van der Waals surface area contributed by atoms with E-state index in [1.165, 1.54) is 4.90 Å². The van der Waals surface area contributed by atoms with Gasteiger partial charge in [-0.05, 0) is 29.7 Å². The number of fused-ring (bicyclic) bond motifs is 1. The van der Waals surface area contributed by atoms with Crippen molar-refractivity contribution in [1.82, 2.24) is 9.88 Å². The zero-order valence-electron chi connectivity index (χ0n) is 16.7. The average Bonchev–Trinajstić information content (AvgIpc) is 2.76. The first-order valence-electron chi connectivity index (χ1n) is 9.06. The molecule has 0 saturated carbocycles. The Labute approximate surface area is 170 Å². The van der Waals surface area contributed by atoms with Gasteiger partial charge in [0, 0.05) is 37.2 Å². The van der Waals surface area contributed by atoms with Crippen LogP contribution in [-0.4, -0.2) is 43.5 Å². The number of carbonyl (C=O) groups excluding carboxylic acids is 1. The number of ether oxygens (including phenoxy) is 1. The van der Waals surface area contributed by atoms with Crippen molar-refractivity contribution in [2.75, 3.05) is 33.1 Å². The van der Waals surface area contributed by atoms with Crippen molar-refractivity contribution in [1.29, 1.82) is 5.26 Å². The highest BCUT2D eigenvalue weighted by atomic mass is 16.5. The highest BCUT2D eigenvalue weighted by Crippen LogP contribution is 2.35. The maximum atomic E-state index is 12.3. The minimum atomic E-state index is -0.147. The minimum Gasteiger partial charge on any atom is -0.495 e. The van der Waals surface area contributed by atoms with Crippen LogP contribution in [0.5, 0.6) is 5.75 Å². The van der Waals surface area contributed by atoms with E-state index in [0.29, 0.717) is 29.3 Å². The van der Waals surface area contributed by atoms with E-state index in [1.807, 2.05) is 48.5 Å². The molecule has 146 valence electrons. The Morgan fingerprint density at radius 3 is 2.69 bits per heavy atom. The van der Waals surface area contributed by atoms with Gasteiger partial charge in [-0.1, -0.05) is 30.8 Å². The first-order chi connectivity index (χ1) is 13.9. The largest absolute Gasteiger partial charge is 0.495 e. The summed E-state index contributed by atoms with van der Waals surface area (Å²) in [6, 6.07) is 17.3. The van der Waals surface area contributed by atoms with Crippen LogP contribution in [-0.2, 0) is 0 Å². The van der Waals surface area contributed by atoms with E-state index in [9.17, 15) is 4.79 Å². The van der Waals surface area contributed by atoms with Crippen molar-refractivity contribution < 1.29 is 9.53 Å². The second-order valence-electron chi connectivity index (χ2n) is 6.76. The number of benzene rings is 2. The number of hydrogen-bond donors (Lipinski definition) is 1. The molecule has 0 unspecified atom stereocenters. The first kappa shape index (κ1) is 19.9. The van der Waals surface area contributed by atoms with Crippen LogP contribution in [0.4, 0.5) is 5.69 Å². The van der Waals surface area contributed by atoms with Gasteiger partial charge in [-0.2, -0.15) is 5.26 Å². The molecule has 1 amide bonds. The number of methoxy groups -OCH3 is 1. The van der Waals surface area contributed by atoms with Gasteiger partial charge in [-0.15, -0.1) is 0 Å². The first-order valence-corrected chi connectivity index (χ1v) is 9.06. The summed E-state index contributed by atoms with van der Waals surface area (Å²) in [6.07, 6.45) is 0. The fourth-order valence-corrected chi connectivity index (χ4v) is 2.99. The lowest BCUT2D eigenvalue weighted by Gasteiger charge is -2.15. The van der Waals surface area contributed by atoms with Crippen molar-refractivity contribution in [3.05, 3.63) is 66.4 Å². The molecular weight excluding hydrogens is 364 g/mol. The Hall–Kier alpha value is -3.85. The molecule has 0 aliphatic rings. The molecule has 1 heterocycles. The van der Waals surface area contributed by atoms with Crippen LogP contribution in [0.2, 0.25) is 0 Å². The van der Waals surface area contributed by atoms with Crippen LogP contribution in [0.15, 0.2) is 60.7 Å². The summed E-state index contributed by atoms with van der Waals surface area (Å²) in [5.41, 5.74) is 3.18. The molecular formula is C23H22N4O2. The molecule has 0 aliphatic carbocycles. The van der Waals surface area contributed by atoms with Crippen molar-refractivity contribution in [3.63, 3.8) is 0 Å². The number of aromatic nitrogens is 1. The summed E-state index contributed by atoms with van der Waals surface area (Å²) >= 11 is 0. The fraction of sp³-hybridized carbons (Fsp3) is 0.174. The lowest BCUT2D eigenvalue weighted by Crippen LogP contribution is -2.22. The third-order valence-electron chi connectivity index (χ3n) is 4.51. The molecule has 29 heavy (non-hydrogen) atoms. The lowest BCUT2D eigenvalue weighted by molar-refractivity contribution is 0.0822. The highest BCUT2D eigenvalue weighted by Gasteiger charge is 2.13. The molecule has 3 rings (SSSR count). The number of anilines is 1. The molecule has 0 atom stereocenters. The molecule has 0 saturated heterocycles. The van der Waals surface area contributed by atoms with Crippen molar-refractivity contribution in [2.24, 2.45) is 0 Å². The molecule has 1 aromatic heterocycles. The van der Waals surface area contributed by atoms with Crippen molar-refractivity contribution in [2.45, 2.75) is 0 Å². The molecule has 1 N–H and O–H groups in total. The molecule has 0 bridgehead atoms. The Morgan fingerprint density at radius 2 is 2.00 bits per heavy atom. The van der Waals surface area contributed by atoms with Gasteiger partial charge in [0.25, 0.3) is 5.91 Å². The van der Waals surface area contributed by atoms with Crippen LogP contribution in [0.25, 0.3) is 22.0 Å². The summed E-state index contributed by atoms with van der Waals surface area (Å²) in [4.78, 5) is 18.3. The lowest BCUT2D eigenvalue weighted by atomic mass is 10.0. The maximum absolute atomic E-state index is 12.3. The smallest absolute Gasteiger partial charge is 0.271 e. The van der Waals surface area contributed by atoms with Gasteiger partial charge in [0.15, 0.2) is 0 Å². The van der Waals surface area contributed by atoms with Crippen LogP contribution in [0.1, 0.15) is 10.5 Å². The van der Waals surface area contributed by atoms with Gasteiger partial charge in [-0.3, -0.25) is 4.79 Å². The third-order valence-corrected chi connectivity index (χ3v) is 4.51. The number of hydrogen-bond acceptors (Lipinski definition) is 5. The Balaban J connectivity index is 2.09. The average molecular weight is 386 g/mol. The maximum Gasteiger partial charge on any atom is 0.271 e. The minimum absolute atomic E-state index is 0.147. The van der Waals surface area contributed by atoms with E-state index in [4.69, 9.17) is 10.00 Å². The molecule has 2 aromatic carbocycles. The van der Waals surface area contributed by atoms with E-state index < -0.39 is 0 Å². The highest BCUT2D eigenvalue weighted by molar-refractivity contribution is 5.99. The normalized spacial score (nSPS) is 10.3. The SMILES string of the molecule is C=C(C#N)CNc1c(OC)ccc2ccc(-c3cccc(C(=O)N(C)C)n3)cc12. The molecule has 6 heteroatoms. The van der Waals surface area contributed by atoms with E-state index in [2.05, 4.69) is 16.9 Å². The summed E-state index contributed by atoms with van der Waals surface area (Å²) in [7, 11) is 5.01. The molecule has 6 nitrogen and oxygen atoms in total.